The Labute approximate surface area is 106 Å². The van der Waals surface area contributed by atoms with Gasteiger partial charge >= 0.3 is 6.18 Å². The zero-order chi connectivity index (χ0) is 14.7. The molecule has 0 aliphatic carbocycles. The first-order valence-corrected chi connectivity index (χ1v) is 6.41. The number of sulfonamides is 1. The first kappa shape index (κ1) is 15.4. The molecule has 1 aromatic rings. The molecule has 6 nitrogen and oxygen atoms in total. The molecule has 0 radical (unpaired) electrons. The van der Waals surface area contributed by atoms with Crippen molar-refractivity contribution < 1.29 is 26.5 Å². The van der Waals surface area contributed by atoms with E-state index in [1.807, 2.05) is 0 Å². The minimum Gasteiger partial charge on any atom is -0.258 e. The number of hydrogen-bond acceptors (Lipinski definition) is 4. The molecule has 0 saturated carbocycles. The van der Waals surface area contributed by atoms with Crippen molar-refractivity contribution in [3.8, 4) is 0 Å². The summed E-state index contributed by atoms with van der Waals surface area (Å²) >= 11 is 0. The lowest BCUT2D eigenvalue weighted by atomic mass is 10.3. The maximum Gasteiger partial charge on any atom is 0.390 e. The lowest BCUT2D eigenvalue weighted by Gasteiger charge is -2.08. The van der Waals surface area contributed by atoms with Crippen molar-refractivity contribution in [1.29, 1.82) is 0 Å². The summed E-state index contributed by atoms with van der Waals surface area (Å²) in [6.45, 7) is -0.789. The van der Waals surface area contributed by atoms with Crippen LogP contribution >= 0.6 is 0 Å². The second-order valence-electron chi connectivity index (χ2n) is 3.51. The van der Waals surface area contributed by atoms with Crippen LogP contribution in [0.4, 0.5) is 18.9 Å². The fourth-order valence-electron chi connectivity index (χ4n) is 1.16. The van der Waals surface area contributed by atoms with E-state index in [2.05, 4.69) is 0 Å². The molecule has 0 amide bonds. The van der Waals surface area contributed by atoms with Crippen molar-refractivity contribution in [2.75, 3.05) is 6.54 Å². The molecule has 106 valence electrons. The fraction of sp³-hybridized carbons (Fsp3) is 0.333. The van der Waals surface area contributed by atoms with Crippen LogP contribution in [-0.2, 0) is 10.0 Å². The SMILES string of the molecule is O=[N+]([O-])c1ccc(S(=O)(=O)NCCC(F)(F)F)cc1. The molecular formula is C9H9F3N2O4S. The highest BCUT2D eigenvalue weighted by Crippen LogP contribution is 2.19. The van der Waals surface area contributed by atoms with E-state index in [9.17, 15) is 31.7 Å². The molecule has 0 saturated heterocycles. The van der Waals surface area contributed by atoms with Crippen LogP contribution in [-0.4, -0.2) is 26.1 Å². The minimum atomic E-state index is -4.46. The second kappa shape index (κ2) is 5.53. The van der Waals surface area contributed by atoms with Gasteiger partial charge in [-0.25, -0.2) is 13.1 Å². The third-order valence-corrected chi connectivity index (χ3v) is 3.54. The molecule has 0 heterocycles. The number of nitrogens with one attached hydrogen (secondary N) is 1. The summed E-state index contributed by atoms with van der Waals surface area (Å²) in [6, 6.07) is 3.82. The summed E-state index contributed by atoms with van der Waals surface area (Å²) in [6.07, 6.45) is -5.75. The van der Waals surface area contributed by atoms with E-state index >= 15 is 0 Å². The summed E-state index contributed by atoms with van der Waals surface area (Å²) in [5.41, 5.74) is -0.311. The van der Waals surface area contributed by atoms with Crippen LogP contribution in [0.1, 0.15) is 6.42 Å². The van der Waals surface area contributed by atoms with Crippen molar-refractivity contribution in [2.24, 2.45) is 0 Å². The zero-order valence-electron chi connectivity index (χ0n) is 9.35. The molecule has 0 aliphatic heterocycles. The molecular weight excluding hydrogens is 289 g/mol. The molecule has 0 fully saturated rings. The molecule has 0 bridgehead atoms. The molecule has 0 aromatic heterocycles. The van der Waals surface area contributed by atoms with Gasteiger partial charge in [-0.05, 0) is 12.1 Å². The Morgan fingerprint density at radius 2 is 1.74 bits per heavy atom. The number of nitro benzene ring substituents is 1. The number of alkyl halides is 3. The molecule has 1 N–H and O–H groups in total. The van der Waals surface area contributed by atoms with Gasteiger partial charge in [-0.15, -0.1) is 0 Å². The Hall–Kier alpha value is -1.68. The first-order valence-electron chi connectivity index (χ1n) is 4.93. The maximum atomic E-state index is 11.9. The van der Waals surface area contributed by atoms with Crippen molar-refractivity contribution in [2.45, 2.75) is 17.5 Å². The van der Waals surface area contributed by atoms with Gasteiger partial charge in [-0.1, -0.05) is 0 Å². The molecule has 10 heteroatoms. The van der Waals surface area contributed by atoms with Gasteiger partial charge in [0.05, 0.1) is 16.2 Å². The third-order valence-electron chi connectivity index (χ3n) is 2.06. The van der Waals surface area contributed by atoms with Gasteiger partial charge in [0, 0.05) is 18.7 Å². The number of non-ortho nitro benzene ring substituents is 1. The molecule has 0 atom stereocenters. The molecule has 0 aliphatic rings. The highest BCUT2D eigenvalue weighted by molar-refractivity contribution is 7.89. The van der Waals surface area contributed by atoms with Crippen molar-refractivity contribution in [3.63, 3.8) is 0 Å². The Kier molecular flexibility index (Phi) is 4.48. The van der Waals surface area contributed by atoms with Gasteiger partial charge in [0.25, 0.3) is 5.69 Å². The minimum absolute atomic E-state index is 0.311. The summed E-state index contributed by atoms with van der Waals surface area (Å²) in [4.78, 5) is 9.31. The third kappa shape index (κ3) is 4.83. The second-order valence-corrected chi connectivity index (χ2v) is 5.28. The largest absolute Gasteiger partial charge is 0.390 e. The molecule has 0 spiro atoms. The monoisotopic (exact) mass is 298 g/mol. The Morgan fingerprint density at radius 1 is 1.21 bits per heavy atom. The average Bonchev–Trinajstić information content (AvgIpc) is 2.27. The van der Waals surface area contributed by atoms with Crippen LogP contribution in [0.5, 0.6) is 0 Å². The smallest absolute Gasteiger partial charge is 0.258 e. The van der Waals surface area contributed by atoms with Crippen molar-refractivity contribution in [1.82, 2.24) is 4.72 Å². The van der Waals surface area contributed by atoms with E-state index in [-0.39, 0.29) is 10.6 Å². The summed E-state index contributed by atoms with van der Waals surface area (Å²) < 4.78 is 60.5. The molecule has 1 aromatic carbocycles. The quantitative estimate of drug-likeness (QED) is 0.663. The predicted octanol–water partition coefficient (Wildman–Crippen LogP) is 1.83. The maximum absolute atomic E-state index is 11.9. The van der Waals surface area contributed by atoms with Crippen LogP contribution in [0.25, 0.3) is 0 Å². The summed E-state index contributed by atoms with van der Waals surface area (Å²) in [7, 11) is -4.10. The number of hydrogen-bond donors (Lipinski definition) is 1. The number of nitro groups is 1. The zero-order valence-corrected chi connectivity index (χ0v) is 10.2. The van der Waals surface area contributed by atoms with Gasteiger partial charge in [-0.3, -0.25) is 10.1 Å². The van der Waals surface area contributed by atoms with Crippen molar-refractivity contribution >= 4 is 15.7 Å². The van der Waals surface area contributed by atoms with E-state index in [4.69, 9.17) is 0 Å². The van der Waals surface area contributed by atoms with E-state index in [1.54, 1.807) is 4.72 Å². The lowest BCUT2D eigenvalue weighted by molar-refractivity contribution is -0.384. The van der Waals surface area contributed by atoms with Crippen LogP contribution in [0.3, 0.4) is 0 Å². The highest BCUT2D eigenvalue weighted by Gasteiger charge is 2.27. The Morgan fingerprint density at radius 3 is 2.16 bits per heavy atom. The van der Waals surface area contributed by atoms with Crippen LogP contribution in [0, 0.1) is 10.1 Å². The van der Waals surface area contributed by atoms with Crippen LogP contribution in [0.2, 0.25) is 0 Å². The molecule has 19 heavy (non-hydrogen) atoms. The number of nitrogens with zero attached hydrogens (tertiary/aromatic N) is 1. The van der Waals surface area contributed by atoms with Crippen LogP contribution < -0.4 is 4.72 Å². The van der Waals surface area contributed by atoms with Gasteiger partial charge in [0.2, 0.25) is 10.0 Å². The van der Waals surface area contributed by atoms with Gasteiger partial charge < -0.3 is 0 Å². The van der Waals surface area contributed by atoms with E-state index in [1.165, 1.54) is 0 Å². The average molecular weight is 298 g/mol. The first-order chi connectivity index (χ1) is 8.62. The number of halogens is 3. The molecule has 0 unspecified atom stereocenters. The lowest BCUT2D eigenvalue weighted by Crippen LogP contribution is -2.28. The molecule has 1 rings (SSSR count). The number of rotatable bonds is 5. The van der Waals surface area contributed by atoms with Gasteiger partial charge in [0.1, 0.15) is 0 Å². The van der Waals surface area contributed by atoms with Gasteiger partial charge in [0.15, 0.2) is 0 Å². The van der Waals surface area contributed by atoms with E-state index < -0.39 is 34.1 Å². The Balaban J connectivity index is 2.75. The number of benzene rings is 1. The van der Waals surface area contributed by atoms with E-state index in [0.717, 1.165) is 24.3 Å². The van der Waals surface area contributed by atoms with Crippen molar-refractivity contribution in [3.05, 3.63) is 34.4 Å². The van der Waals surface area contributed by atoms with E-state index in [0.29, 0.717) is 0 Å². The topological polar surface area (TPSA) is 89.3 Å². The Bertz CT molecular complexity index is 554. The summed E-state index contributed by atoms with van der Waals surface area (Å²) in [5, 5.41) is 10.4. The van der Waals surface area contributed by atoms with Crippen LogP contribution in [0.15, 0.2) is 29.2 Å². The highest BCUT2D eigenvalue weighted by atomic mass is 32.2. The standard InChI is InChI=1S/C9H9F3N2O4S/c10-9(11,12)5-6-13-19(17,18)8-3-1-7(2-4-8)14(15)16/h1-4,13H,5-6H2. The normalized spacial score (nSPS) is 12.4. The predicted molar refractivity (Wildman–Crippen MR) is 59.0 cm³/mol. The summed E-state index contributed by atoms with van der Waals surface area (Å²) in [5.74, 6) is 0. The fourth-order valence-corrected chi connectivity index (χ4v) is 2.19. The van der Waals surface area contributed by atoms with Gasteiger partial charge in [-0.2, -0.15) is 13.2 Å².